The van der Waals surface area contributed by atoms with Crippen molar-refractivity contribution in [3.8, 4) is 0 Å². The Labute approximate surface area is 103 Å². The second kappa shape index (κ2) is 7.00. The lowest BCUT2D eigenvalue weighted by atomic mass is 9.91. The lowest BCUT2D eigenvalue weighted by Gasteiger charge is -2.25. The van der Waals surface area contributed by atoms with E-state index in [-0.39, 0.29) is 5.97 Å². The van der Waals surface area contributed by atoms with E-state index in [2.05, 4.69) is 11.7 Å². The van der Waals surface area contributed by atoms with Gasteiger partial charge in [0.15, 0.2) is 0 Å². The number of carbonyl (C=O) groups excluding carboxylic acids is 1. The molecule has 2 unspecified atom stereocenters. The predicted octanol–water partition coefficient (Wildman–Crippen LogP) is 3.42. The first-order valence-corrected chi connectivity index (χ1v) is 7.05. The lowest BCUT2D eigenvalue weighted by molar-refractivity contribution is -0.136. The van der Waals surface area contributed by atoms with E-state index in [4.69, 9.17) is 0 Å². The van der Waals surface area contributed by atoms with Crippen molar-refractivity contribution in [3.63, 3.8) is 0 Å². The second-order valence-corrected chi connectivity index (χ2v) is 5.94. The van der Waals surface area contributed by atoms with Crippen LogP contribution in [0.25, 0.3) is 0 Å². The van der Waals surface area contributed by atoms with Crippen LogP contribution in [0.15, 0.2) is 11.6 Å². The maximum Gasteiger partial charge on any atom is 0.333 e. The molecule has 0 heterocycles. The van der Waals surface area contributed by atoms with E-state index >= 15 is 0 Å². The number of methoxy groups -OCH3 is 1. The molecule has 0 aliphatic heterocycles. The molecule has 1 aliphatic rings. The van der Waals surface area contributed by atoms with Crippen molar-refractivity contribution in [3.05, 3.63) is 11.6 Å². The van der Waals surface area contributed by atoms with E-state index in [1.165, 1.54) is 32.8 Å². The topological polar surface area (TPSA) is 26.3 Å². The van der Waals surface area contributed by atoms with Crippen molar-refractivity contribution in [2.75, 3.05) is 12.9 Å². The Morgan fingerprint density at radius 3 is 2.88 bits per heavy atom. The fourth-order valence-electron chi connectivity index (χ4n) is 2.08. The molecular formula is C13H22O2S. The third kappa shape index (κ3) is 4.60. The molecular weight excluding hydrogens is 220 g/mol. The van der Waals surface area contributed by atoms with E-state index in [1.54, 1.807) is 0 Å². The van der Waals surface area contributed by atoms with Gasteiger partial charge in [-0.25, -0.2) is 4.79 Å². The van der Waals surface area contributed by atoms with E-state index in [9.17, 15) is 4.79 Å². The zero-order valence-electron chi connectivity index (χ0n) is 10.5. The van der Waals surface area contributed by atoms with E-state index in [0.717, 1.165) is 22.5 Å². The van der Waals surface area contributed by atoms with Crippen LogP contribution in [-0.2, 0) is 9.53 Å². The summed E-state index contributed by atoms with van der Waals surface area (Å²) >= 11 is 1.97. The van der Waals surface area contributed by atoms with Gasteiger partial charge < -0.3 is 4.74 Å². The minimum absolute atomic E-state index is 0.211. The van der Waals surface area contributed by atoms with Crippen molar-refractivity contribution in [1.29, 1.82) is 0 Å². The minimum atomic E-state index is -0.211. The number of rotatable bonds is 4. The molecule has 0 bridgehead atoms. The minimum Gasteiger partial charge on any atom is -0.466 e. The summed E-state index contributed by atoms with van der Waals surface area (Å²) in [5, 5.41) is 0.783. The highest BCUT2D eigenvalue weighted by Gasteiger charge is 2.18. The molecule has 2 atom stereocenters. The molecule has 16 heavy (non-hydrogen) atoms. The summed E-state index contributed by atoms with van der Waals surface area (Å²) in [4.78, 5) is 11.1. The van der Waals surface area contributed by atoms with Crippen LogP contribution >= 0.6 is 11.8 Å². The average molecular weight is 242 g/mol. The zero-order valence-corrected chi connectivity index (χ0v) is 11.3. The first-order valence-electron chi connectivity index (χ1n) is 6.00. The molecule has 0 amide bonds. The predicted molar refractivity (Wildman–Crippen MR) is 69.7 cm³/mol. The molecule has 1 rings (SSSR count). The first-order chi connectivity index (χ1) is 7.63. The number of hydrogen-bond donors (Lipinski definition) is 0. The molecule has 0 N–H and O–H groups in total. The molecule has 0 spiro atoms. The summed E-state index contributed by atoms with van der Waals surface area (Å²) in [6, 6.07) is 0. The Morgan fingerprint density at radius 1 is 1.50 bits per heavy atom. The highest BCUT2D eigenvalue weighted by atomic mass is 32.2. The van der Waals surface area contributed by atoms with Gasteiger partial charge in [0.25, 0.3) is 0 Å². The van der Waals surface area contributed by atoms with Gasteiger partial charge in [0.05, 0.1) is 7.11 Å². The largest absolute Gasteiger partial charge is 0.466 e. The van der Waals surface area contributed by atoms with Crippen molar-refractivity contribution >= 4 is 17.7 Å². The van der Waals surface area contributed by atoms with Crippen molar-refractivity contribution in [1.82, 2.24) is 0 Å². The molecule has 1 aliphatic carbocycles. The van der Waals surface area contributed by atoms with Gasteiger partial charge in [0, 0.05) is 16.6 Å². The van der Waals surface area contributed by atoms with Crippen LogP contribution in [0.1, 0.15) is 39.5 Å². The monoisotopic (exact) mass is 242 g/mol. The highest BCUT2D eigenvalue weighted by Crippen LogP contribution is 2.31. The molecule has 0 aromatic rings. The lowest BCUT2D eigenvalue weighted by Crippen LogP contribution is -2.15. The van der Waals surface area contributed by atoms with E-state index in [1.807, 2.05) is 24.8 Å². The van der Waals surface area contributed by atoms with Crippen molar-refractivity contribution in [2.24, 2.45) is 5.92 Å². The summed E-state index contributed by atoms with van der Waals surface area (Å²) in [6.45, 7) is 4.15. The van der Waals surface area contributed by atoms with Crippen LogP contribution in [0, 0.1) is 5.92 Å². The quantitative estimate of drug-likeness (QED) is 0.558. The Hall–Kier alpha value is -0.440. The van der Waals surface area contributed by atoms with Gasteiger partial charge in [-0.1, -0.05) is 25.8 Å². The van der Waals surface area contributed by atoms with Gasteiger partial charge in [0.2, 0.25) is 0 Å². The maximum atomic E-state index is 11.1. The van der Waals surface area contributed by atoms with Crippen LogP contribution in [0.3, 0.4) is 0 Å². The van der Waals surface area contributed by atoms with Crippen LogP contribution < -0.4 is 0 Å². The SMILES string of the molecule is COC(=O)C(C)=CCSC1CCCC(C)C1. The third-order valence-electron chi connectivity index (χ3n) is 3.12. The number of esters is 1. The fraction of sp³-hybridized carbons (Fsp3) is 0.769. The fourth-order valence-corrected chi connectivity index (χ4v) is 3.50. The standard InChI is InChI=1S/C13H22O2S/c1-10-5-4-6-12(9-10)16-8-7-11(2)13(14)15-3/h7,10,12H,4-6,8-9H2,1-3H3. The molecule has 0 saturated heterocycles. The highest BCUT2D eigenvalue weighted by molar-refractivity contribution is 8.00. The van der Waals surface area contributed by atoms with Crippen LogP contribution in [-0.4, -0.2) is 24.1 Å². The second-order valence-electron chi connectivity index (χ2n) is 4.61. The molecule has 3 heteroatoms. The Bertz CT molecular complexity index is 261. The summed E-state index contributed by atoms with van der Waals surface area (Å²) < 4.78 is 4.66. The van der Waals surface area contributed by atoms with Gasteiger partial charge in [-0.2, -0.15) is 11.8 Å². The summed E-state index contributed by atoms with van der Waals surface area (Å²) in [6.07, 6.45) is 7.39. The summed E-state index contributed by atoms with van der Waals surface area (Å²) in [5.41, 5.74) is 0.721. The number of ether oxygens (including phenoxy) is 1. The van der Waals surface area contributed by atoms with Crippen molar-refractivity contribution < 1.29 is 9.53 Å². The summed E-state index contributed by atoms with van der Waals surface area (Å²) in [5.74, 6) is 1.59. The first kappa shape index (κ1) is 13.6. The molecule has 1 saturated carbocycles. The van der Waals surface area contributed by atoms with Gasteiger partial charge in [-0.15, -0.1) is 0 Å². The number of carbonyl (C=O) groups is 1. The van der Waals surface area contributed by atoms with Gasteiger partial charge in [0.1, 0.15) is 0 Å². The Balaban J connectivity index is 2.26. The van der Waals surface area contributed by atoms with Crippen LogP contribution in [0.5, 0.6) is 0 Å². The Morgan fingerprint density at radius 2 is 2.25 bits per heavy atom. The molecule has 2 nitrogen and oxygen atoms in total. The average Bonchev–Trinajstić information content (AvgIpc) is 2.28. The maximum absolute atomic E-state index is 11.1. The van der Waals surface area contributed by atoms with Gasteiger partial charge in [-0.05, 0) is 25.7 Å². The Kier molecular flexibility index (Phi) is 5.96. The molecule has 0 aromatic carbocycles. The molecule has 1 fully saturated rings. The van der Waals surface area contributed by atoms with Crippen LogP contribution in [0.2, 0.25) is 0 Å². The number of hydrogen-bond acceptors (Lipinski definition) is 3. The number of thioether (sulfide) groups is 1. The van der Waals surface area contributed by atoms with E-state index < -0.39 is 0 Å². The normalized spacial score (nSPS) is 26.6. The summed E-state index contributed by atoms with van der Waals surface area (Å²) in [7, 11) is 1.43. The van der Waals surface area contributed by atoms with Gasteiger partial charge >= 0.3 is 5.97 Å². The van der Waals surface area contributed by atoms with Gasteiger partial charge in [-0.3, -0.25) is 0 Å². The van der Waals surface area contributed by atoms with Crippen molar-refractivity contribution in [2.45, 2.75) is 44.8 Å². The smallest absolute Gasteiger partial charge is 0.333 e. The zero-order chi connectivity index (χ0) is 12.0. The van der Waals surface area contributed by atoms with E-state index in [0.29, 0.717) is 0 Å². The third-order valence-corrected chi connectivity index (χ3v) is 4.38. The molecule has 92 valence electrons. The molecule has 0 radical (unpaired) electrons. The van der Waals surface area contributed by atoms with Crippen LogP contribution in [0.4, 0.5) is 0 Å². The molecule has 0 aromatic heterocycles.